The van der Waals surface area contributed by atoms with Gasteiger partial charge in [0, 0.05) is 5.56 Å². The molecule has 0 bridgehead atoms. The van der Waals surface area contributed by atoms with Crippen LogP contribution in [0.15, 0.2) is 77.7 Å². The van der Waals surface area contributed by atoms with Crippen molar-refractivity contribution in [2.75, 3.05) is 15.7 Å². The Morgan fingerprint density at radius 2 is 1.50 bits per heavy atom. The summed E-state index contributed by atoms with van der Waals surface area (Å²) in [7, 11) is -4.17. The summed E-state index contributed by atoms with van der Waals surface area (Å²) in [5.41, 5.74) is 1.16. The zero-order valence-electron chi connectivity index (χ0n) is 15.9. The Morgan fingerprint density at radius 3 is 2.17 bits per heavy atom. The number of carbonyl (C=O) groups is 2. The maximum atomic E-state index is 13.3. The predicted molar refractivity (Wildman–Crippen MR) is 111 cm³/mol. The van der Waals surface area contributed by atoms with E-state index in [2.05, 4.69) is 0 Å². The lowest BCUT2D eigenvalue weighted by molar-refractivity contribution is 0.0999. The highest BCUT2D eigenvalue weighted by Gasteiger charge is 2.43. The van der Waals surface area contributed by atoms with E-state index < -0.39 is 27.7 Å². The number of ketones is 1. The Hall–Kier alpha value is -3.52. The van der Waals surface area contributed by atoms with Crippen molar-refractivity contribution in [1.29, 1.82) is 0 Å². The molecule has 0 N–H and O–H groups in total. The third kappa shape index (κ3) is 3.25. The van der Waals surface area contributed by atoms with E-state index in [1.807, 2.05) is 0 Å². The molecule has 3 aromatic carbocycles. The van der Waals surface area contributed by atoms with E-state index >= 15 is 0 Å². The highest BCUT2D eigenvalue weighted by Crippen LogP contribution is 2.38. The van der Waals surface area contributed by atoms with Gasteiger partial charge in [-0.3, -0.25) is 9.69 Å². The first-order valence-electron chi connectivity index (χ1n) is 9.11. The van der Waals surface area contributed by atoms with Gasteiger partial charge in [0.25, 0.3) is 10.0 Å². The van der Waals surface area contributed by atoms with Gasteiger partial charge in [0.1, 0.15) is 10.7 Å². The molecule has 0 radical (unpaired) electrons. The molecular formula is C22H17FN2O4S. The minimum absolute atomic E-state index is 0.0697. The van der Waals surface area contributed by atoms with Crippen molar-refractivity contribution >= 4 is 33.2 Å². The molecule has 4 rings (SSSR count). The van der Waals surface area contributed by atoms with Crippen LogP contribution in [0.5, 0.6) is 0 Å². The van der Waals surface area contributed by atoms with Crippen LogP contribution in [0, 0.1) is 12.7 Å². The van der Waals surface area contributed by atoms with Crippen molar-refractivity contribution in [3.63, 3.8) is 0 Å². The van der Waals surface area contributed by atoms with Gasteiger partial charge in [-0.25, -0.2) is 17.6 Å². The summed E-state index contributed by atoms with van der Waals surface area (Å²) in [6.45, 7) is 1.31. The van der Waals surface area contributed by atoms with Crippen molar-refractivity contribution < 1.29 is 22.4 Å². The van der Waals surface area contributed by atoms with E-state index in [1.165, 1.54) is 24.3 Å². The monoisotopic (exact) mass is 424 g/mol. The van der Waals surface area contributed by atoms with Crippen LogP contribution in [0.1, 0.15) is 15.9 Å². The molecule has 3 aromatic rings. The molecule has 6 nitrogen and oxygen atoms in total. The fourth-order valence-electron chi connectivity index (χ4n) is 3.36. The van der Waals surface area contributed by atoms with Crippen LogP contribution in [0.2, 0.25) is 0 Å². The third-order valence-electron chi connectivity index (χ3n) is 4.88. The lowest BCUT2D eigenvalue weighted by Gasteiger charge is -2.36. The maximum absolute atomic E-state index is 13.3. The smallest absolute Gasteiger partial charge is 0.292 e. The summed E-state index contributed by atoms with van der Waals surface area (Å²) in [4.78, 5) is 27.2. The first-order valence-corrected chi connectivity index (χ1v) is 10.5. The Labute approximate surface area is 173 Å². The number of rotatable bonds is 4. The number of amides is 2. The van der Waals surface area contributed by atoms with Crippen LogP contribution in [0.3, 0.4) is 0 Å². The number of hydrogen-bond acceptors (Lipinski definition) is 4. The molecule has 0 unspecified atom stereocenters. The van der Waals surface area contributed by atoms with E-state index in [4.69, 9.17) is 0 Å². The summed E-state index contributed by atoms with van der Waals surface area (Å²) in [5.74, 6) is -0.926. The number of hydrogen-bond donors (Lipinski definition) is 0. The second-order valence-electron chi connectivity index (χ2n) is 6.82. The SMILES string of the molecule is Cc1ccccc1N1C(=O)N(CC(=O)c2ccc(F)cc2)c2ccccc2S1(=O)=O. The largest absolute Gasteiger partial charge is 0.343 e. The van der Waals surface area contributed by atoms with Crippen molar-refractivity contribution in [3.05, 3.63) is 89.7 Å². The molecule has 0 aliphatic carbocycles. The van der Waals surface area contributed by atoms with Gasteiger partial charge in [0.05, 0.1) is 17.9 Å². The molecule has 1 aliphatic heterocycles. The normalized spacial score (nSPS) is 15.1. The number of nitrogens with zero attached hydrogens (tertiary/aromatic N) is 2. The number of sulfonamides is 1. The van der Waals surface area contributed by atoms with Crippen LogP contribution < -0.4 is 9.21 Å². The number of carbonyl (C=O) groups excluding carboxylic acids is 2. The van der Waals surface area contributed by atoms with Crippen molar-refractivity contribution in [3.8, 4) is 0 Å². The van der Waals surface area contributed by atoms with E-state index in [9.17, 15) is 22.4 Å². The Kier molecular flexibility index (Phi) is 4.87. The minimum Gasteiger partial charge on any atom is -0.292 e. The molecule has 0 atom stereocenters. The van der Waals surface area contributed by atoms with Crippen molar-refractivity contribution in [1.82, 2.24) is 0 Å². The topological polar surface area (TPSA) is 74.8 Å². The van der Waals surface area contributed by atoms with E-state index in [1.54, 1.807) is 43.3 Å². The molecule has 8 heteroatoms. The van der Waals surface area contributed by atoms with Crippen molar-refractivity contribution in [2.45, 2.75) is 11.8 Å². The minimum atomic E-state index is -4.17. The molecular weight excluding hydrogens is 407 g/mol. The molecule has 1 heterocycles. The van der Waals surface area contributed by atoms with Gasteiger partial charge in [-0.2, -0.15) is 4.31 Å². The molecule has 0 aromatic heterocycles. The lowest BCUT2D eigenvalue weighted by Crippen LogP contribution is -2.52. The highest BCUT2D eigenvalue weighted by atomic mass is 32.2. The van der Waals surface area contributed by atoms with Gasteiger partial charge in [-0.05, 0) is 55.0 Å². The summed E-state index contributed by atoms with van der Waals surface area (Å²) in [6.07, 6.45) is 0. The quantitative estimate of drug-likeness (QED) is 0.590. The van der Waals surface area contributed by atoms with Crippen LogP contribution in [-0.2, 0) is 10.0 Å². The van der Waals surface area contributed by atoms with E-state index in [0.29, 0.717) is 5.56 Å². The molecule has 0 fully saturated rings. The Bertz CT molecular complexity index is 1260. The summed E-state index contributed by atoms with van der Waals surface area (Å²) in [6, 6.07) is 16.8. The fourth-order valence-corrected chi connectivity index (χ4v) is 5.02. The number of benzene rings is 3. The number of anilines is 2. The predicted octanol–water partition coefficient (Wildman–Crippen LogP) is 4.15. The molecule has 0 saturated carbocycles. The number of aryl methyl sites for hydroxylation is 1. The number of para-hydroxylation sites is 2. The number of halogens is 1. The standard InChI is InChI=1S/C22H17FN2O4S/c1-15-6-2-3-7-18(15)25-22(27)24(14-20(26)16-10-12-17(23)13-11-16)19-8-4-5-9-21(19)30(25,28)29/h2-13H,14H2,1H3. The van der Waals surface area contributed by atoms with Crippen LogP contribution in [0.25, 0.3) is 0 Å². The average molecular weight is 424 g/mol. The second-order valence-corrected chi connectivity index (χ2v) is 8.58. The fraction of sp³-hybridized carbons (Fsp3) is 0.0909. The van der Waals surface area contributed by atoms with Crippen molar-refractivity contribution in [2.24, 2.45) is 0 Å². The molecule has 0 spiro atoms. The maximum Gasteiger partial charge on any atom is 0.343 e. The van der Waals surface area contributed by atoms with Gasteiger partial charge in [0.2, 0.25) is 0 Å². The number of urea groups is 1. The Morgan fingerprint density at radius 1 is 0.900 bits per heavy atom. The van der Waals surface area contributed by atoms with Gasteiger partial charge >= 0.3 is 6.03 Å². The molecule has 1 aliphatic rings. The third-order valence-corrected chi connectivity index (χ3v) is 6.62. The lowest BCUT2D eigenvalue weighted by atomic mass is 10.1. The van der Waals surface area contributed by atoms with Gasteiger partial charge < -0.3 is 0 Å². The summed E-state index contributed by atoms with van der Waals surface area (Å²) < 4.78 is 40.4. The van der Waals surface area contributed by atoms with Crippen LogP contribution in [-0.4, -0.2) is 26.8 Å². The second kappa shape index (κ2) is 7.38. The average Bonchev–Trinajstić information content (AvgIpc) is 2.73. The first-order chi connectivity index (χ1) is 14.3. The molecule has 30 heavy (non-hydrogen) atoms. The summed E-state index contributed by atoms with van der Waals surface area (Å²) in [5, 5.41) is 0. The molecule has 2 amide bonds. The van der Waals surface area contributed by atoms with Crippen LogP contribution >= 0.6 is 0 Å². The summed E-state index contributed by atoms with van der Waals surface area (Å²) >= 11 is 0. The highest BCUT2D eigenvalue weighted by molar-refractivity contribution is 7.94. The zero-order chi connectivity index (χ0) is 21.5. The Balaban J connectivity index is 1.82. The van der Waals surface area contributed by atoms with Gasteiger partial charge in [-0.15, -0.1) is 0 Å². The van der Waals surface area contributed by atoms with E-state index in [0.717, 1.165) is 21.3 Å². The van der Waals surface area contributed by atoms with Gasteiger partial charge in [0.15, 0.2) is 5.78 Å². The van der Waals surface area contributed by atoms with Gasteiger partial charge in [-0.1, -0.05) is 30.3 Å². The van der Waals surface area contributed by atoms with Crippen LogP contribution in [0.4, 0.5) is 20.6 Å². The molecule has 0 saturated heterocycles. The van der Waals surface area contributed by atoms with E-state index in [-0.39, 0.29) is 28.4 Å². The molecule has 152 valence electrons. The first kappa shape index (κ1) is 19.8. The number of Topliss-reactive ketones (excluding diaryl/α,β-unsaturated/α-hetero) is 1. The number of fused-ring (bicyclic) bond motifs is 1. The zero-order valence-corrected chi connectivity index (χ0v) is 16.8.